The molecule has 7 heteroatoms. The maximum absolute atomic E-state index is 13.4. The standard InChI is InChI=1S/C21H28N2O5/c1-3-5-10-28-19-17-20(25)23-14-8-6-13(7-9-14)16(23)12-22(17)11-15(18(19)24)21(26)27-4-2/h11,13-14,16H,3-10,12H2,1-2H3/t13?,14?,16-/m1/s1. The number of amides is 1. The number of ether oxygens (including phenoxy) is 2. The molecule has 1 aromatic heterocycles. The van der Waals surface area contributed by atoms with Crippen molar-refractivity contribution in [3.05, 3.63) is 27.7 Å². The third-order valence-corrected chi connectivity index (χ3v) is 6.33. The van der Waals surface area contributed by atoms with Crippen molar-refractivity contribution in [2.75, 3.05) is 13.2 Å². The average molecular weight is 388 g/mol. The van der Waals surface area contributed by atoms with Crippen LogP contribution in [0.15, 0.2) is 11.0 Å². The number of piperidine rings is 2. The summed E-state index contributed by atoms with van der Waals surface area (Å²) in [5, 5.41) is 0. The minimum atomic E-state index is -0.664. The molecule has 4 aliphatic rings. The summed E-state index contributed by atoms with van der Waals surface area (Å²) in [5.74, 6) is -0.311. The highest BCUT2D eigenvalue weighted by Gasteiger charge is 2.48. The first-order valence-corrected chi connectivity index (χ1v) is 10.5. The molecule has 0 aromatic carbocycles. The lowest BCUT2D eigenvalue weighted by Gasteiger charge is -2.54. The highest BCUT2D eigenvalue weighted by atomic mass is 16.5. The first-order valence-electron chi connectivity index (χ1n) is 10.5. The van der Waals surface area contributed by atoms with Gasteiger partial charge in [0, 0.05) is 18.8 Å². The van der Waals surface area contributed by atoms with Gasteiger partial charge in [0.15, 0.2) is 11.4 Å². The van der Waals surface area contributed by atoms with Crippen molar-refractivity contribution in [1.29, 1.82) is 0 Å². The van der Waals surface area contributed by atoms with Gasteiger partial charge in [-0.2, -0.15) is 0 Å². The summed E-state index contributed by atoms with van der Waals surface area (Å²) >= 11 is 0. The second-order valence-electron chi connectivity index (χ2n) is 7.97. The fourth-order valence-electron chi connectivity index (χ4n) is 4.95. The minimum Gasteiger partial charge on any atom is -0.487 e. The zero-order valence-electron chi connectivity index (χ0n) is 16.6. The number of hydrogen-bond donors (Lipinski definition) is 0. The third kappa shape index (κ3) is 3.01. The molecular formula is C21H28N2O5. The molecule has 28 heavy (non-hydrogen) atoms. The van der Waals surface area contributed by atoms with E-state index in [0.29, 0.717) is 19.1 Å². The third-order valence-electron chi connectivity index (χ3n) is 6.33. The lowest BCUT2D eigenvalue weighted by molar-refractivity contribution is -0.0182. The summed E-state index contributed by atoms with van der Waals surface area (Å²) in [6, 6.07) is 0.383. The molecule has 152 valence electrons. The summed E-state index contributed by atoms with van der Waals surface area (Å²) in [5.41, 5.74) is -0.313. The molecule has 3 fully saturated rings. The van der Waals surface area contributed by atoms with Gasteiger partial charge in [-0.15, -0.1) is 0 Å². The van der Waals surface area contributed by atoms with E-state index in [0.717, 1.165) is 38.5 Å². The summed E-state index contributed by atoms with van der Waals surface area (Å²) in [4.78, 5) is 40.8. The summed E-state index contributed by atoms with van der Waals surface area (Å²) < 4.78 is 12.6. The zero-order valence-corrected chi connectivity index (χ0v) is 16.6. The van der Waals surface area contributed by atoms with Crippen molar-refractivity contribution in [1.82, 2.24) is 9.47 Å². The Morgan fingerprint density at radius 3 is 2.61 bits per heavy atom. The predicted octanol–water partition coefficient (Wildman–Crippen LogP) is 2.60. The van der Waals surface area contributed by atoms with Crippen LogP contribution in [-0.2, 0) is 11.3 Å². The number of fused-ring (bicyclic) bond motifs is 3. The van der Waals surface area contributed by atoms with Gasteiger partial charge in [0.25, 0.3) is 5.91 Å². The fraction of sp³-hybridized carbons (Fsp3) is 0.667. The molecule has 1 saturated carbocycles. The number of nitrogens with zero attached hydrogens (tertiary/aromatic N) is 2. The quantitative estimate of drug-likeness (QED) is 0.553. The van der Waals surface area contributed by atoms with E-state index >= 15 is 0 Å². The second kappa shape index (κ2) is 7.60. The smallest absolute Gasteiger partial charge is 0.343 e. The maximum Gasteiger partial charge on any atom is 0.343 e. The van der Waals surface area contributed by atoms with E-state index < -0.39 is 11.4 Å². The van der Waals surface area contributed by atoms with Gasteiger partial charge in [-0.05, 0) is 44.9 Å². The highest BCUT2D eigenvalue weighted by molar-refractivity contribution is 5.98. The fourth-order valence-corrected chi connectivity index (χ4v) is 4.95. The van der Waals surface area contributed by atoms with E-state index in [1.165, 1.54) is 6.20 Å². The summed E-state index contributed by atoms with van der Waals surface area (Å²) in [7, 11) is 0. The number of unbranched alkanes of at least 4 members (excludes halogenated alkanes) is 1. The second-order valence-corrected chi connectivity index (χ2v) is 7.97. The van der Waals surface area contributed by atoms with Crippen molar-refractivity contribution in [2.45, 2.75) is 71.0 Å². The molecule has 1 aromatic rings. The van der Waals surface area contributed by atoms with E-state index in [1.54, 1.807) is 11.5 Å². The van der Waals surface area contributed by atoms with Crippen LogP contribution in [0.3, 0.4) is 0 Å². The van der Waals surface area contributed by atoms with Crippen LogP contribution >= 0.6 is 0 Å². The van der Waals surface area contributed by atoms with Crippen LogP contribution in [-0.4, -0.2) is 46.6 Å². The van der Waals surface area contributed by atoms with E-state index in [2.05, 4.69) is 0 Å². The number of esters is 1. The number of carbonyl (C=O) groups is 2. The van der Waals surface area contributed by atoms with Gasteiger partial charge in [-0.25, -0.2) is 4.79 Å². The Labute approximate surface area is 164 Å². The molecule has 3 aliphatic heterocycles. The van der Waals surface area contributed by atoms with E-state index in [1.807, 2.05) is 11.8 Å². The van der Waals surface area contributed by atoms with E-state index in [-0.39, 0.29) is 41.6 Å². The maximum atomic E-state index is 13.4. The molecule has 1 aliphatic carbocycles. The normalized spacial score (nSPS) is 25.3. The molecule has 0 N–H and O–H groups in total. The number of rotatable bonds is 6. The lowest BCUT2D eigenvalue weighted by Crippen LogP contribution is -2.62. The molecule has 0 radical (unpaired) electrons. The van der Waals surface area contributed by atoms with Gasteiger partial charge in [0.05, 0.1) is 19.3 Å². The number of pyridine rings is 1. The first kappa shape index (κ1) is 19.0. The van der Waals surface area contributed by atoms with Gasteiger partial charge in [0.2, 0.25) is 5.43 Å². The highest BCUT2D eigenvalue weighted by Crippen LogP contribution is 2.43. The SMILES string of the molecule is CCCCOc1c2n(cc(C(=O)OCC)c1=O)C[C@@H]1C3CCC(CC3)N1C2=O. The molecule has 2 bridgehead atoms. The van der Waals surface area contributed by atoms with Crippen molar-refractivity contribution >= 4 is 11.9 Å². The molecule has 1 atom stereocenters. The molecule has 0 spiro atoms. The van der Waals surface area contributed by atoms with Gasteiger partial charge >= 0.3 is 5.97 Å². The van der Waals surface area contributed by atoms with Gasteiger partial charge in [-0.3, -0.25) is 9.59 Å². The number of hydrogen-bond acceptors (Lipinski definition) is 5. The molecule has 1 amide bonds. The van der Waals surface area contributed by atoms with Crippen molar-refractivity contribution in [2.24, 2.45) is 5.92 Å². The van der Waals surface area contributed by atoms with Crippen molar-refractivity contribution in [3.63, 3.8) is 0 Å². The molecule has 0 unspecified atom stereocenters. The summed E-state index contributed by atoms with van der Waals surface area (Å²) in [6.07, 6.45) is 7.52. The predicted molar refractivity (Wildman–Crippen MR) is 103 cm³/mol. The van der Waals surface area contributed by atoms with Crippen LogP contribution in [0.4, 0.5) is 0 Å². The molecule has 4 heterocycles. The largest absolute Gasteiger partial charge is 0.487 e. The van der Waals surface area contributed by atoms with Crippen molar-refractivity contribution < 1.29 is 19.1 Å². The summed E-state index contributed by atoms with van der Waals surface area (Å²) in [6.45, 7) is 4.85. The van der Waals surface area contributed by atoms with Gasteiger partial charge < -0.3 is 18.9 Å². The van der Waals surface area contributed by atoms with Gasteiger partial charge in [0.1, 0.15) is 5.56 Å². The van der Waals surface area contributed by atoms with Crippen LogP contribution in [0.25, 0.3) is 0 Å². The Hall–Kier alpha value is -2.31. The molecule has 5 rings (SSSR count). The molecule has 2 saturated heterocycles. The Balaban J connectivity index is 1.80. The van der Waals surface area contributed by atoms with Crippen LogP contribution in [0.5, 0.6) is 5.75 Å². The van der Waals surface area contributed by atoms with E-state index in [9.17, 15) is 14.4 Å². The van der Waals surface area contributed by atoms with Crippen LogP contribution < -0.4 is 10.2 Å². The minimum absolute atomic E-state index is 0.00361. The Bertz CT molecular complexity index is 838. The molecule has 7 nitrogen and oxygen atoms in total. The lowest BCUT2D eigenvalue weighted by atomic mass is 9.73. The zero-order chi connectivity index (χ0) is 19.8. The van der Waals surface area contributed by atoms with Crippen molar-refractivity contribution in [3.8, 4) is 5.75 Å². The average Bonchev–Trinajstić information content (AvgIpc) is 2.70. The monoisotopic (exact) mass is 388 g/mol. The topological polar surface area (TPSA) is 77.8 Å². The van der Waals surface area contributed by atoms with Crippen LogP contribution in [0.1, 0.15) is 73.2 Å². The Morgan fingerprint density at radius 1 is 1.18 bits per heavy atom. The Kier molecular flexibility index (Phi) is 5.17. The van der Waals surface area contributed by atoms with Crippen LogP contribution in [0.2, 0.25) is 0 Å². The first-order chi connectivity index (χ1) is 13.6. The molecular weight excluding hydrogens is 360 g/mol. The van der Waals surface area contributed by atoms with E-state index in [4.69, 9.17) is 9.47 Å². The van der Waals surface area contributed by atoms with Gasteiger partial charge in [-0.1, -0.05) is 13.3 Å². The number of carbonyl (C=O) groups excluding carboxylic acids is 2. The number of aromatic nitrogens is 1. The van der Waals surface area contributed by atoms with Crippen LogP contribution in [0, 0.1) is 5.92 Å². The Morgan fingerprint density at radius 2 is 1.93 bits per heavy atom.